The molecule has 0 saturated heterocycles. The molecule has 1 N–H and O–H groups in total. The van der Waals surface area contributed by atoms with Gasteiger partial charge in [0.25, 0.3) is 11.5 Å². The highest BCUT2D eigenvalue weighted by atomic mass is 16.5. The van der Waals surface area contributed by atoms with E-state index in [2.05, 4.69) is 17.3 Å². The molecule has 7 nitrogen and oxygen atoms in total. The van der Waals surface area contributed by atoms with E-state index in [1.165, 1.54) is 15.8 Å². The lowest BCUT2D eigenvalue weighted by molar-refractivity contribution is -0.119. The van der Waals surface area contributed by atoms with E-state index in [1.807, 2.05) is 18.2 Å². The molecular formula is C25H27N3O4. The molecule has 1 aliphatic carbocycles. The van der Waals surface area contributed by atoms with Gasteiger partial charge in [-0.15, -0.1) is 0 Å². The van der Waals surface area contributed by atoms with E-state index in [-0.39, 0.29) is 11.3 Å². The number of esters is 1. The van der Waals surface area contributed by atoms with E-state index in [0.717, 1.165) is 38.5 Å². The van der Waals surface area contributed by atoms with Crippen LogP contribution in [0, 0.1) is 0 Å². The summed E-state index contributed by atoms with van der Waals surface area (Å²) in [4.78, 5) is 37.9. The van der Waals surface area contributed by atoms with Crippen LogP contribution >= 0.6 is 0 Å². The van der Waals surface area contributed by atoms with Gasteiger partial charge in [0.1, 0.15) is 0 Å². The van der Waals surface area contributed by atoms with Crippen LogP contribution in [0.15, 0.2) is 47.3 Å². The van der Waals surface area contributed by atoms with Crippen molar-refractivity contribution in [2.24, 2.45) is 0 Å². The smallest absolute Gasteiger partial charge is 0.359 e. The molecule has 0 fully saturated rings. The minimum absolute atomic E-state index is 0.0435. The van der Waals surface area contributed by atoms with Crippen molar-refractivity contribution in [2.75, 3.05) is 11.9 Å². The average Bonchev–Trinajstić information content (AvgIpc) is 3.27. The highest BCUT2D eigenvalue weighted by Gasteiger charge is 2.19. The van der Waals surface area contributed by atoms with Gasteiger partial charge in [-0.3, -0.25) is 9.59 Å². The van der Waals surface area contributed by atoms with Crippen LogP contribution in [-0.4, -0.2) is 28.3 Å². The van der Waals surface area contributed by atoms with Crippen LogP contribution in [-0.2, 0) is 28.9 Å². The number of fused-ring (bicyclic) bond motifs is 2. The van der Waals surface area contributed by atoms with E-state index in [4.69, 9.17) is 4.74 Å². The Labute approximate surface area is 186 Å². The van der Waals surface area contributed by atoms with Crippen LogP contribution in [0.1, 0.15) is 54.2 Å². The van der Waals surface area contributed by atoms with Crippen LogP contribution in [0.5, 0.6) is 0 Å². The number of carbonyl (C=O) groups is 2. The van der Waals surface area contributed by atoms with E-state index in [0.29, 0.717) is 23.0 Å². The van der Waals surface area contributed by atoms with Crippen LogP contribution in [0.4, 0.5) is 5.69 Å². The first-order chi connectivity index (χ1) is 15.6. The van der Waals surface area contributed by atoms with Crippen molar-refractivity contribution < 1.29 is 14.3 Å². The molecule has 0 saturated carbocycles. The second-order valence-electron chi connectivity index (χ2n) is 8.09. The first kappa shape index (κ1) is 21.7. The summed E-state index contributed by atoms with van der Waals surface area (Å²) >= 11 is 0. The lowest BCUT2D eigenvalue weighted by Crippen LogP contribution is -2.28. The zero-order chi connectivity index (χ0) is 22.5. The normalized spacial score (nSPS) is 12.5. The Hall–Kier alpha value is -3.48. The van der Waals surface area contributed by atoms with Crippen molar-refractivity contribution in [2.45, 2.75) is 52.0 Å². The molecule has 32 heavy (non-hydrogen) atoms. The molecule has 2 aromatic carbocycles. The topological polar surface area (TPSA) is 90.3 Å². The van der Waals surface area contributed by atoms with Gasteiger partial charge in [0.15, 0.2) is 12.3 Å². The molecule has 0 atom stereocenters. The lowest BCUT2D eigenvalue weighted by atomic mass is 10.1. The first-order valence-corrected chi connectivity index (χ1v) is 11.2. The summed E-state index contributed by atoms with van der Waals surface area (Å²) in [5.74, 6) is -1.15. The van der Waals surface area contributed by atoms with E-state index >= 15 is 0 Å². The summed E-state index contributed by atoms with van der Waals surface area (Å²) in [6, 6.07) is 12.7. The van der Waals surface area contributed by atoms with Gasteiger partial charge in [0, 0.05) is 17.6 Å². The van der Waals surface area contributed by atoms with Crippen molar-refractivity contribution in [3.05, 3.63) is 69.6 Å². The summed E-state index contributed by atoms with van der Waals surface area (Å²) in [5, 5.41) is 7.89. The van der Waals surface area contributed by atoms with Crippen molar-refractivity contribution in [3.63, 3.8) is 0 Å². The van der Waals surface area contributed by atoms with Gasteiger partial charge >= 0.3 is 5.97 Å². The Kier molecular flexibility index (Phi) is 6.63. The number of aromatic nitrogens is 2. The van der Waals surface area contributed by atoms with Gasteiger partial charge in [-0.1, -0.05) is 44.0 Å². The van der Waals surface area contributed by atoms with Crippen LogP contribution in [0.25, 0.3) is 10.8 Å². The van der Waals surface area contributed by atoms with Gasteiger partial charge in [-0.05, 0) is 55.0 Å². The van der Waals surface area contributed by atoms with Gasteiger partial charge in [-0.25, -0.2) is 9.48 Å². The monoisotopic (exact) mass is 433 g/mol. The number of aryl methyl sites for hydroxylation is 3. The number of hydrogen-bond acceptors (Lipinski definition) is 5. The third-order valence-corrected chi connectivity index (χ3v) is 5.75. The van der Waals surface area contributed by atoms with Gasteiger partial charge < -0.3 is 10.1 Å². The quantitative estimate of drug-likeness (QED) is 0.430. The number of hydrogen-bond donors (Lipinski definition) is 1. The number of amides is 1. The number of carbonyl (C=O) groups excluding carboxylic acids is 2. The molecule has 0 aliphatic heterocycles. The van der Waals surface area contributed by atoms with E-state index in [1.54, 1.807) is 24.3 Å². The maximum Gasteiger partial charge on any atom is 0.359 e. The number of nitrogens with zero attached hydrogens (tertiary/aromatic N) is 2. The fourth-order valence-electron chi connectivity index (χ4n) is 4.10. The second-order valence-corrected chi connectivity index (χ2v) is 8.09. The average molecular weight is 434 g/mol. The van der Waals surface area contributed by atoms with Crippen LogP contribution < -0.4 is 10.9 Å². The standard InChI is InChI=1S/C25H27N3O4/c1-2-3-6-14-28-24(30)21-11-5-4-10-20(21)23(27-28)25(31)32-16-22(29)26-19-13-12-17-8-7-9-18(17)15-19/h4-5,10-13,15H,2-3,6-9,14,16H2,1H3,(H,26,29). The SMILES string of the molecule is CCCCCn1nc(C(=O)OCC(=O)Nc2ccc3c(c2)CCC3)c2ccccc2c1=O. The van der Waals surface area contributed by atoms with Gasteiger partial charge in [0.05, 0.1) is 5.39 Å². The highest BCUT2D eigenvalue weighted by molar-refractivity contribution is 6.03. The Morgan fingerprint density at radius 3 is 2.66 bits per heavy atom. The molecule has 0 bridgehead atoms. The van der Waals surface area contributed by atoms with Crippen molar-refractivity contribution in [1.29, 1.82) is 0 Å². The minimum Gasteiger partial charge on any atom is -0.451 e. The Balaban J connectivity index is 1.47. The molecule has 7 heteroatoms. The Morgan fingerprint density at radius 2 is 1.84 bits per heavy atom. The summed E-state index contributed by atoms with van der Waals surface area (Å²) in [6.45, 7) is 2.07. The molecule has 166 valence electrons. The highest BCUT2D eigenvalue weighted by Crippen LogP contribution is 2.24. The molecule has 3 aromatic rings. The zero-order valence-corrected chi connectivity index (χ0v) is 18.2. The third-order valence-electron chi connectivity index (χ3n) is 5.75. The predicted octanol–water partition coefficient (Wildman–Crippen LogP) is 3.87. The summed E-state index contributed by atoms with van der Waals surface area (Å²) in [6.07, 6.45) is 5.98. The fraction of sp³-hybridized carbons (Fsp3) is 0.360. The van der Waals surface area contributed by atoms with Crippen molar-refractivity contribution in [3.8, 4) is 0 Å². The maximum atomic E-state index is 12.8. The molecule has 1 aliphatic rings. The molecule has 0 radical (unpaired) electrons. The number of anilines is 1. The van der Waals surface area contributed by atoms with Crippen LogP contribution in [0.3, 0.4) is 0 Å². The molecular weight excluding hydrogens is 406 g/mol. The number of nitrogens with one attached hydrogen (secondary N) is 1. The fourth-order valence-corrected chi connectivity index (χ4v) is 4.10. The molecule has 1 heterocycles. The molecule has 1 amide bonds. The van der Waals surface area contributed by atoms with Crippen molar-refractivity contribution in [1.82, 2.24) is 9.78 Å². The minimum atomic E-state index is -0.727. The van der Waals surface area contributed by atoms with Gasteiger partial charge in [-0.2, -0.15) is 5.10 Å². The summed E-state index contributed by atoms with van der Waals surface area (Å²) < 4.78 is 6.57. The first-order valence-electron chi connectivity index (χ1n) is 11.2. The summed E-state index contributed by atoms with van der Waals surface area (Å²) in [7, 11) is 0. The summed E-state index contributed by atoms with van der Waals surface area (Å²) in [5.41, 5.74) is 3.08. The second kappa shape index (κ2) is 9.77. The molecule has 0 unspecified atom stereocenters. The lowest BCUT2D eigenvalue weighted by Gasteiger charge is -2.11. The zero-order valence-electron chi connectivity index (χ0n) is 18.2. The third kappa shape index (κ3) is 4.72. The van der Waals surface area contributed by atoms with Gasteiger partial charge in [0.2, 0.25) is 0 Å². The number of rotatable bonds is 8. The van der Waals surface area contributed by atoms with Crippen LogP contribution in [0.2, 0.25) is 0 Å². The number of unbranched alkanes of at least 4 members (excludes halogenated alkanes) is 2. The molecule has 0 spiro atoms. The molecule has 4 rings (SSSR count). The van der Waals surface area contributed by atoms with E-state index < -0.39 is 18.5 Å². The number of ether oxygens (including phenoxy) is 1. The van der Waals surface area contributed by atoms with E-state index in [9.17, 15) is 14.4 Å². The van der Waals surface area contributed by atoms with Crippen molar-refractivity contribution >= 4 is 28.3 Å². The number of benzene rings is 2. The Bertz CT molecular complexity index is 1220. The predicted molar refractivity (Wildman–Crippen MR) is 123 cm³/mol. The molecule has 1 aromatic heterocycles. The largest absolute Gasteiger partial charge is 0.451 e. The Morgan fingerprint density at radius 1 is 1.06 bits per heavy atom. The maximum absolute atomic E-state index is 12.8.